The van der Waals surface area contributed by atoms with Crippen molar-refractivity contribution in [3.8, 4) is 0 Å². The normalized spacial score (nSPS) is 25.8. The summed E-state index contributed by atoms with van der Waals surface area (Å²) in [6, 6.07) is 0.0565. The molecule has 192 valence electrons. The zero-order valence-electron chi connectivity index (χ0n) is 18.3. The van der Waals surface area contributed by atoms with Gasteiger partial charge in [0, 0.05) is 30.9 Å². The number of nitrogens with two attached hydrogens (primary N) is 1. The molecule has 0 bridgehead atoms. The molecule has 0 saturated carbocycles. The van der Waals surface area contributed by atoms with Crippen LogP contribution in [0.4, 0.5) is 22.0 Å². The van der Waals surface area contributed by atoms with Crippen molar-refractivity contribution in [1.82, 2.24) is 14.1 Å². The average Bonchev–Trinajstić information content (AvgIpc) is 3.28. The molecule has 1 aromatic heterocycles. The molecule has 1 saturated heterocycles. The summed E-state index contributed by atoms with van der Waals surface area (Å²) in [6.45, 7) is 0.196. The first-order valence-electron chi connectivity index (χ1n) is 10.4. The largest absolute Gasteiger partial charge is 0.491 e. The van der Waals surface area contributed by atoms with Crippen molar-refractivity contribution in [2.24, 2.45) is 5.73 Å². The maximum Gasteiger partial charge on any atom is 0.491 e. The predicted molar refractivity (Wildman–Crippen MR) is 109 cm³/mol. The maximum absolute atomic E-state index is 14.7. The van der Waals surface area contributed by atoms with E-state index in [0.717, 1.165) is 16.4 Å². The minimum atomic E-state index is -5.44. The number of fused-ring (bicyclic) bond motifs is 1. The fourth-order valence-electron chi connectivity index (χ4n) is 4.33. The maximum atomic E-state index is 14.7. The molecule has 0 amide bonds. The van der Waals surface area contributed by atoms with Crippen molar-refractivity contribution < 1.29 is 44.6 Å². The number of alkyl halides is 3. The Balaban J connectivity index is 1.63. The highest BCUT2D eigenvalue weighted by Crippen LogP contribution is 2.40. The van der Waals surface area contributed by atoms with Gasteiger partial charge in [0.2, 0.25) is 0 Å². The lowest BCUT2D eigenvalue weighted by Crippen LogP contribution is -2.53. The number of aromatic nitrogens is 2. The van der Waals surface area contributed by atoms with Gasteiger partial charge in [0.05, 0.1) is 30.2 Å². The van der Waals surface area contributed by atoms with Gasteiger partial charge in [-0.05, 0) is 31.0 Å². The summed E-state index contributed by atoms with van der Waals surface area (Å²) >= 11 is 0. The molecular formula is C20H21F5N4O5S. The van der Waals surface area contributed by atoms with Gasteiger partial charge in [-0.3, -0.25) is 4.90 Å². The molecule has 1 aromatic carbocycles. The molecule has 2 aromatic rings. The molecule has 0 spiro atoms. The van der Waals surface area contributed by atoms with Gasteiger partial charge >= 0.3 is 12.1 Å². The third-order valence-electron chi connectivity index (χ3n) is 6.00. The van der Waals surface area contributed by atoms with E-state index in [0.29, 0.717) is 23.4 Å². The highest BCUT2D eigenvalue weighted by atomic mass is 32.2. The van der Waals surface area contributed by atoms with Gasteiger partial charge in [-0.1, -0.05) is 0 Å². The topological polar surface area (TPSA) is 117 Å². The molecule has 15 heteroatoms. The molecule has 0 radical (unpaired) electrons. The van der Waals surface area contributed by atoms with E-state index in [9.17, 15) is 35.2 Å². The minimum absolute atomic E-state index is 0.114. The highest BCUT2D eigenvalue weighted by Gasteiger charge is 2.54. The lowest BCUT2D eigenvalue weighted by atomic mass is 9.92. The van der Waals surface area contributed by atoms with E-state index in [1.54, 1.807) is 0 Å². The third kappa shape index (κ3) is 4.90. The molecule has 9 nitrogen and oxygen atoms in total. The molecule has 3 atom stereocenters. The van der Waals surface area contributed by atoms with Crippen LogP contribution in [-0.2, 0) is 43.2 Å². The molecule has 0 aliphatic carbocycles. The van der Waals surface area contributed by atoms with E-state index in [1.807, 2.05) is 4.90 Å². The first-order valence-corrected chi connectivity index (χ1v) is 12.2. The third-order valence-corrected chi connectivity index (χ3v) is 6.87. The van der Waals surface area contributed by atoms with Crippen LogP contribution in [0.15, 0.2) is 24.4 Å². The van der Waals surface area contributed by atoms with Gasteiger partial charge in [0.25, 0.3) is 15.8 Å². The molecular weight excluding hydrogens is 503 g/mol. The number of carbonyl (C=O) groups is 1. The number of halogens is 5. The molecule has 2 aliphatic heterocycles. The Morgan fingerprint density at radius 1 is 1.29 bits per heavy atom. The fraction of sp³-hybridized carbons (Fsp3) is 0.500. The second-order valence-electron chi connectivity index (χ2n) is 8.45. The van der Waals surface area contributed by atoms with E-state index in [2.05, 4.69) is 9.84 Å². The number of carbonyl (C=O) groups excluding carboxylic acids is 1. The van der Waals surface area contributed by atoms with Crippen LogP contribution in [-0.4, -0.2) is 59.6 Å². The average molecular weight is 524 g/mol. The smallest absolute Gasteiger partial charge is 0.420 e. The number of hydrogen-bond donors (Lipinski definition) is 1. The Morgan fingerprint density at radius 3 is 2.63 bits per heavy atom. The predicted octanol–water partition coefficient (Wildman–Crippen LogP) is 1.75. The highest BCUT2D eigenvalue weighted by molar-refractivity contribution is 7.89. The molecule has 3 heterocycles. The number of benzene rings is 1. The van der Waals surface area contributed by atoms with E-state index < -0.39 is 57.2 Å². The van der Waals surface area contributed by atoms with Crippen LogP contribution >= 0.6 is 0 Å². The first-order chi connectivity index (χ1) is 16.2. The standard InChI is InChI=1S/C20H21F5N4O5S/c1-35(31,32)29-9-11-8-28(10-16(11)27-29)13-4-5-33-19(17(26)7-13,34-18(30)20(23,24)25)14-6-12(21)2-3-15(14)22/h2-3,6,9,13,17H,4-5,7-8,10,26H2,1H3/t13-,17-,19+/m0/s1. The summed E-state index contributed by atoms with van der Waals surface area (Å²) in [5.41, 5.74) is 6.56. The van der Waals surface area contributed by atoms with Crippen molar-refractivity contribution in [3.05, 3.63) is 52.9 Å². The number of esters is 1. The quantitative estimate of drug-likeness (QED) is 0.475. The van der Waals surface area contributed by atoms with Gasteiger partial charge in [-0.25, -0.2) is 22.0 Å². The van der Waals surface area contributed by atoms with Crippen LogP contribution in [0.25, 0.3) is 0 Å². The monoisotopic (exact) mass is 524 g/mol. The summed E-state index contributed by atoms with van der Waals surface area (Å²) in [7, 11) is -3.57. The lowest BCUT2D eigenvalue weighted by molar-refractivity contribution is -0.273. The van der Waals surface area contributed by atoms with Crippen LogP contribution in [0.5, 0.6) is 0 Å². The second kappa shape index (κ2) is 8.80. The van der Waals surface area contributed by atoms with E-state index >= 15 is 0 Å². The number of rotatable bonds is 4. The van der Waals surface area contributed by atoms with E-state index in [1.165, 1.54) is 6.20 Å². The van der Waals surface area contributed by atoms with Crippen molar-refractivity contribution in [3.63, 3.8) is 0 Å². The van der Waals surface area contributed by atoms with Crippen LogP contribution in [0.1, 0.15) is 29.7 Å². The first kappa shape index (κ1) is 25.5. The Hall–Kier alpha value is -2.62. The van der Waals surface area contributed by atoms with Crippen molar-refractivity contribution in [2.45, 2.75) is 50.0 Å². The fourth-order valence-corrected chi connectivity index (χ4v) is 4.90. The van der Waals surface area contributed by atoms with E-state index in [-0.39, 0.29) is 32.5 Å². The lowest BCUT2D eigenvalue weighted by Gasteiger charge is -2.37. The van der Waals surface area contributed by atoms with E-state index in [4.69, 9.17) is 10.5 Å². The summed E-state index contributed by atoms with van der Waals surface area (Å²) in [5, 5.41) is 4.05. The Kier molecular flexibility index (Phi) is 6.40. The van der Waals surface area contributed by atoms with Crippen LogP contribution in [0, 0.1) is 11.6 Å². The van der Waals surface area contributed by atoms with Crippen LogP contribution in [0.2, 0.25) is 0 Å². The van der Waals surface area contributed by atoms with Gasteiger partial charge in [0.15, 0.2) is 0 Å². The molecule has 4 rings (SSSR count). The molecule has 0 unspecified atom stereocenters. The van der Waals surface area contributed by atoms with Gasteiger partial charge in [-0.2, -0.15) is 22.4 Å². The number of hydrogen-bond acceptors (Lipinski definition) is 8. The summed E-state index contributed by atoms with van der Waals surface area (Å²) < 4.78 is 102. The SMILES string of the molecule is CS(=O)(=O)n1cc2c(n1)CN([C@H]1CCO[C@@](OC(=O)C(F)(F)F)(c3cc(F)ccc3F)[C@@H](N)C1)C2. The number of ether oxygens (including phenoxy) is 2. The van der Waals surface area contributed by atoms with Crippen molar-refractivity contribution in [1.29, 1.82) is 0 Å². The zero-order chi connectivity index (χ0) is 25.8. The summed E-state index contributed by atoms with van der Waals surface area (Å²) in [4.78, 5) is 13.6. The van der Waals surface area contributed by atoms with Crippen LogP contribution < -0.4 is 5.73 Å². The summed E-state index contributed by atoms with van der Waals surface area (Å²) in [6.07, 6.45) is -2.98. The summed E-state index contributed by atoms with van der Waals surface area (Å²) in [5.74, 6) is -7.54. The minimum Gasteiger partial charge on any atom is -0.420 e. The number of nitrogens with zero attached hydrogens (tertiary/aromatic N) is 3. The molecule has 2 N–H and O–H groups in total. The van der Waals surface area contributed by atoms with Gasteiger partial charge < -0.3 is 15.2 Å². The Labute approximate surface area is 196 Å². The zero-order valence-corrected chi connectivity index (χ0v) is 19.1. The van der Waals surface area contributed by atoms with Crippen molar-refractivity contribution >= 4 is 16.0 Å². The Bertz CT molecular complexity index is 1230. The molecule has 1 fully saturated rings. The second-order valence-corrected chi connectivity index (χ2v) is 10.3. The van der Waals surface area contributed by atoms with Crippen LogP contribution in [0.3, 0.4) is 0 Å². The van der Waals surface area contributed by atoms with Crippen molar-refractivity contribution in [2.75, 3.05) is 12.9 Å². The van der Waals surface area contributed by atoms with Gasteiger partial charge in [-0.15, -0.1) is 0 Å². The molecule has 35 heavy (non-hydrogen) atoms. The molecule has 2 aliphatic rings. The Morgan fingerprint density at radius 2 is 2.00 bits per heavy atom. The van der Waals surface area contributed by atoms with Gasteiger partial charge in [0.1, 0.15) is 11.6 Å².